The normalized spacial score (nSPS) is 11.5. The van der Waals surface area contributed by atoms with Crippen LogP contribution in [-0.2, 0) is 0 Å². The van der Waals surface area contributed by atoms with Gasteiger partial charge in [-0.3, -0.25) is 0 Å². The lowest BCUT2D eigenvalue weighted by Gasteiger charge is -1.46. The molecule has 0 bridgehead atoms. The van der Waals surface area contributed by atoms with E-state index in [1.165, 1.54) is 4.83 Å². The molecule has 0 nitrogen and oxygen atoms in total. The zero-order valence-corrected chi connectivity index (χ0v) is 4.19. The van der Waals surface area contributed by atoms with Crippen molar-refractivity contribution in [1.82, 2.24) is 0 Å². The van der Waals surface area contributed by atoms with Crippen LogP contribution in [0.2, 0.25) is 0 Å². The standard InChI is InChI=1S/CH2Cl2S/c2-1-4-3/h1,4H. The molecule has 0 fully saturated rings. The molecule has 0 aliphatic heterocycles. The summed E-state index contributed by atoms with van der Waals surface area (Å²) in [5, 5.41) is 0. The van der Waals surface area contributed by atoms with Gasteiger partial charge in [-0.25, -0.2) is 0 Å². The van der Waals surface area contributed by atoms with E-state index in [0.29, 0.717) is 10.6 Å². The molecule has 0 saturated carbocycles. The topological polar surface area (TPSA) is 0 Å². The first kappa shape index (κ1) is 4.80. The zero-order valence-electron chi connectivity index (χ0n) is 1.78. The molecular formula is CH2Cl2S. The van der Waals surface area contributed by atoms with Gasteiger partial charge < -0.3 is 0 Å². The first-order valence-electron chi connectivity index (χ1n) is 0.645. The third-order valence-electron chi connectivity index (χ3n) is 0.0369. The molecule has 0 saturated heterocycles. The van der Waals surface area contributed by atoms with Crippen LogP contribution in [0.4, 0.5) is 0 Å². The number of hydrogen-bond acceptors (Lipinski definition) is 0. The molecule has 0 aromatic rings. The summed E-state index contributed by atoms with van der Waals surface area (Å²) in [7, 11) is 5.58. The van der Waals surface area contributed by atoms with Crippen molar-refractivity contribution in [3.63, 3.8) is 0 Å². The van der Waals surface area contributed by atoms with Gasteiger partial charge in [0, 0.05) is 4.83 Å². The first-order valence-corrected chi connectivity index (χ1v) is 2.95. The predicted molar refractivity (Wildman–Crippen MR) is 26.8 cm³/mol. The molecule has 4 heavy (non-hydrogen) atoms. The minimum atomic E-state index is 0.611. The lowest BCUT2D eigenvalue weighted by Crippen LogP contribution is -1.19. The molecule has 0 unspecified atom stereocenters. The van der Waals surface area contributed by atoms with Crippen molar-refractivity contribution in [2.75, 3.05) is 0 Å². The summed E-state index contributed by atoms with van der Waals surface area (Å²) in [6.07, 6.45) is 0. The smallest absolute Gasteiger partial charge is 0.0391 e. The van der Waals surface area contributed by atoms with Gasteiger partial charge in [0.25, 0.3) is 0 Å². The number of thiol groups is 1. The second-order valence-electron chi connectivity index (χ2n) is 0.195. The highest BCUT2D eigenvalue weighted by Gasteiger charge is 1.37. The van der Waals surface area contributed by atoms with E-state index in [1.807, 2.05) is 0 Å². The maximum Gasteiger partial charge on any atom is 0.0391 e. The van der Waals surface area contributed by atoms with Gasteiger partial charge in [-0.2, -0.15) is 0 Å². The summed E-state index contributed by atoms with van der Waals surface area (Å²) in [4.78, 5) is 1.33. The number of hydrogen-bond donors (Lipinski definition) is 1. The van der Waals surface area contributed by atoms with Crippen molar-refractivity contribution in [3.8, 4) is 0 Å². The van der Waals surface area contributed by atoms with Gasteiger partial charge in [-0.05, 0) is 0 Å². The summed E-state index contributed by atoms with van der Waals surface area (Å²) in [5.41, 5.74) is 0. The Balaban J connectivity index is 2.55. The van der Waals surface area contributed by atoms with E-state index in [-0.39, 0.29) is 0 Å². The molecule has 0 aliphatic carbocycles. The Morgan fingerprint density at radius 2 is 2.00 bits per heavy atom. The fourth-order valence-electron chi connectivity index (χ4n) is 0. The minimum Gasteiger partial charge on any atom is -0.0972 e. The van der Waals surface area contributed by atoms with E-state index < -0.39 is 0 Å². The Kier molecular flexibility index (Phi) is 4.56. The van der Waals surface area contributed by atoms with E-state index in [1.54, 1.807) is 0 Å². The second kappa shape index (κ2) is 3.80. The van der Waals surface area contributed by atoms with E-state index in [9.17, 15) is 0 Å². The lowest BCUT2D eigenvalue weighted by atomic mass is 11.9. The van der Waals surface area contributed by atoms with Crippen molar-refractivity contribution in [2.24, 2.45) is 0 Å². The summed E-state index contributed by atoms with van der Waals surface area (Å²) in [6, 6.07) is 0. The summed E-state index contributed by atoms with van der Waals surface area (Å²) < 4.78 is 0. The Morgan fingerprint density at radius 1 is 1.75 bits per heavy atom. The lowest BCUT2D eigenvalue weighted by molar-refractivity contribution is 4.22. The number of rotatable bonds is 0. The third kappa shape index (κ3) is 2.80. The molecule has 0 spiro atoms. The SMILES string of the molecule is ClC=[SH]Cl. The predicted octanol–water partition coefficient (Wildman–Crippen LogP) is 1.60. The molecular weight excluding hydrogens is 115 g/mol. The largest absolute Gasteiger partial charge is 0.0972 e. The molecule has 0 N–H and O–H groups in total. The van der Waals surface area contributed by atoms with Crippen LogP contribution in [0.1, 0.15) is 0 Å². The summed E-state index contributed by atoms with van der Waals surface area (Å²) in [6.45, 7) is 0. The van der Waals surface area contributed by atoms with E-state index in [0.717, 1.165) is 0 Å². The van der Waals surface area contributed by atoms with Crippen LogP contribution in [0.15, 0.2) is 0 Å². The maximum atomic E-state index is 4.97. The third-order valence-corrected chi connectivity index (χ3v) is 0.996. The number of halogens is 2. The van der Waals surface area contributed by atoms with Gasteiger partial charge in [0.1, 0.15) is 0 Å². The first-order chi connectivity index (χ1) is 1.91. The van der Waals surface area contributed by atoms with Gasteiger partial charge in [0.2, 0.25) is 0 Å². The van der Waals surface area contributed by atoms with E-state index in [2.05, 4.69) is 0 Å². The molecule has 0 rings (SSSR count). The molecule has 0 atom stereocenters. The highest BCUT2D eigenvalue weighted by molar-refractivity contribution is 8.20. The minimum absolute atomic E-state index is 0.611. The molecule has 0 aromatic carbocycles. The van der Waals surface area contributed by atoms with Crippen molar-refractivity contribution in [3.05, 3.63) is 0 Å². The van der Waals surface area contributed by atoms with E-state index in [4.69, 9.17) is 22.3 Å². The van der Waals surface area contributed by atoms with Gasteiger partial charge >= 0.3 is 0 Å². The molecule has 26 valence electrons. The van der Waals surface area contributed by atoms with Crippen LogP contribution in [0.5, 0.6) is 0 Å². The van der Waals surface area contributed by atoms with Crippen molar-refractivity contribution in [2.45, 2.75) is 0 Å². The quantitative estimate of drug-likeness (QED) is 0.278. The van der Waals surface area contributed by atoms with E-state index >= 15 is 0 Å². The Hall–Kier alpha value is 0.800. The Morgan fingerprint density at radius 3 is 2.00 bits per heavy atom. The van der Waals surface area contributed by atoms with Gasteiger partial charge in [-0.15, -0.1) is 0 Å². The van der Waals surface area contributed by atoms with Crippen molar-refractivity contribution >= 4 is 37.7 Å². The summed E-state index contributed by atoms with van der Waals surface area (Å²) in [5.74, 6) is 0. The Labute approximate surface area is 38.2 Å². The van der Waals surface area contributed by atoms with Gasteiger partial charge in [0.15, 0.2) is 0 Å². The van der Waals surface area contributed by atoms with Crippen molar-refractivity contribution in [1.29, 1.82) is 0 Å². The van der Waals surface area contributed by atoms with Crippen LogP contribution in [0.25, 0.3) is 0 Å². The van der Waals surface area contributed by atoms with Crippen LogP contribution in [-0.4, -0.2) is 4.83 Å². The van der Waals surface area contributed by atoms with Crippen LogP contribution < -0.4 is 0 Å². The van der Waals surface area contributed by atoms with Crippen LogP contribution >= 0.6 is 32.8 Å². The molecule has 0 heterocycles. The average molecular weight is 117 g/mol. The fourth-order valence-corrected chi connectivity index (χ4v) is 0. The fraction of sp³-hybridized carbons (Fsp3) is 0. The van der Waals surface area contributed by atoms with Gasteiger partial charge in [0.05, 0.1) is 0 Å². The van der Waals surface area contributed by atoms with Crippen LogP contribution in [0.3, 0.4) is 0 Å². The maximum absolute atomic E-state index is 4.97. The van der Waals surface area contributed by atoms with Crippen LogP contribution in [0, 0.1) is 0 Å². The average Bonchev–Trinajstić information content (AvgIpc) is 1.37. The summed E-state index contributed by atoms with van der Waals surface area (Å²) >= 11 is 4.92. The highest BCUT2D eigenvalue weighted by atomic mass is 35.7. The molecule has 0 amide bonds. The molecule has 0 radical (unpaired) electrons. The molecule has 0 aromatic heterocycles. The Bertz CT molecular complexity index is 21.2. The highest BCUT2D eigenvalue weighted by Crippen LogP contribution is 1.88. The second-order valence-corrected chi connectivity index (χ2v) is 1.76. The monoisotopic (exact) mass is 116 g/mol. The van der Waals surface area contributed by atoms with Crippen molar-refractivity contribution < 1.29 is 0 Å². The molecule has 0 aliphatic rings. The van der Waals surface area contributed by atoms with Gasteiger partial charge in [-0.1, -0.05) is 32.8 Å². The molecule has 3 heteroatoms. The zero-order chi connectivity index (χ0) is 3.41.